The third kappa shape index (κ3) is 4.94. The zero-order valence-corrected chi connectivity index (χ0v) is 13.4. The van der Waals surface area contributed by atoms with Gasteiger partial charge in [0.2, 0.25) is 0 Å². The molecule has 0 aliphatic carbocycles. The number of nitro groups is 1. The molecule has 0 aromatic carbocycles. The monoisotopic (exact) mass is 329 g/mol. The van der Waals surface area contributed by atoms with Crippen LogP contribution >= 0.6 is 23.4 Å². The summed E-state index contributed by atoms with van der Waals surface area (Å²) >= 11 is 7.27. The molecule has 1 aromatic heterocycles. The Kier molecular flexibility index (Phi) is 5.96. The highest BCUT2D eigenvalue weighted by Gasteiger charge is 2.32. The number of rotatable bonds is 6. The molecule has 1 aromatic rings. The molecule has 2 atom stereocenters. The Hall–Kier alpha value is -1.18. The smallest absolute Gasteiger partial charge is 0.307 e. The van der Waals surface area contributed by atoms with Gasteiger partial charge in [-0.15, -0.1) is 11.8 Å². The van der Waals surface area contributed by atoms with Crippen LogP contribution in [0.2, 0.25) is 5.15 Å². The standard InChI is InChI=1S/C13H17ClN4O2S/c1-17(8-10-3-4-12(14)16-7-10)9-11(18(19)20)13-15-5-2-6-21-13/h3-4,7,11H,2,5-6,8-9H2,1H3/p+1/t11-/m1/s1. The van der Waals surface area contributed by atoms with Crippen molar-refractivity contribution in [1.29, 1.82) is 0 Å². The third-order valence-electron chi connectivity index (χ3n) is 3.20. The topological polar surface area (TPSA) is 72.8 Å². The summed E-state index contributed by atoms with van der Waals surface area (Å²) in [6.45, 7) is 1.79. The maximum atomic E-state index is 11.3. The van der Waals surface area contributed by atoms with Crippen molar-refractivity contribution >= 4 is 28.4 Å². The lowest BCUT2D eigenvalue weighted by atomic mass is 10.2. The molecule has 8 heteroatoms. The van der Waals surface area contributed by atoms with E-state index in [1.54, 1.807) is 12.3 Å². The van der Waals surface area contributed by atoms with Gasteiger partial charge in [0.15, 0.2) is 6.54 Å². The van der Waals surface area contributed by atoms with E-state index in [0.29, 0.717) is 29.8 Å². The highest BCUT2D eigenvalue weighted by Crippen LogP contribution is 2.16. The number of hydrogen-bond donors (Lipinski definition) is 1. The first-order chi connectivity index (χ1) is 10.1. The van der Waals surface area contributed by atoms with E-state index < -0.39 is 6.04 Å². The lowest BCUT2D eigenvalue weighted by Gasteiger charge is -2.19. The van der Waals surface area contributed by atoms with E-state index in [1.807, 2.05) is 13.1 Å². The minimum absolute atomic E-state index is 0.221. The van der Waals surface area contributed by atoms with Crippen LogP contribution in [0.1, 0.15) is 12.0 Å². The van der Waals surface area contributed by atoms with Crippen LogP contribution in [0.5, 0.6) is 0 Å². The Balaban J connectivity index is 1.97. The Bertz CT molecular complexity index is 523. The molecule has 0 amide bonds. The first-order valence-corrected chi connectivity index (χ1v) is 8.15. The normalized spacial score (nSPS) is 17.9. The average Bonchev–Trinajstić information content (AvgIpc) is 2.48. The molecular weight excluding hydrogens is 312 g/mol. The summed E-state index contributed by atoms with van der Waals surface area (Å²) in [6.07, 6.45) is 2.71. The number of halogens is 1. The molecule has 114 valence electrons. The van der Waals surface area contributed by atoms with Crippen molar-refractivity contribution in [2.45, 2.75) is 19.0 Å². The van der Waals surface area contributed by atoms with Crippen molar-refractivity contribution < 1.29 is 9.82 Å². The molecule has 0 saturated heterocycles. The van der Waals surface area contributed by atoms with E-state index in [2.05, 4.69) is 9.98 Å². The molecule has 0 saturated carbocycles. The fourth-order valence-corrected chi connectivity index (χ4v) is 3.33. The largest absolute Gasteiger partial charge is 0.327 e. The van der Waals surface area contributed by atoms with Crippen LogP contribution in [0.4, 0.5) is 0 Å². The summed E-state index contributed by atoms with van der Waals surface area (Å²) in [7, 11) is 1.94. The van der Waals surface area contributed by atoms with Gasteiger partial charge in [0.1, 0.15) is 16.7 Å². The van der Waals surface area contributed by atoms with Crippen LogP contribution in [-0.2, 0) is 6.54 Å². The van der Waals surface area contributed by atoms with Crippen molar-refractivity contribution in [3.8, 4) is 0 Å². The lowest BCUT2D eigenvalue weighted by molar-refractivity contribution is -0.903. The molecule has 1 aliphatic heterocycles. The van der Waals surface area contributed by atoms with Gasteiger partial charge in [0.05, 0.1) is 7.05 Å². The Labute approximate surface area is 132 Å². The van der Waals surface area contributed by atoms with E-state index in [9.17, 15) is 10.1 Å². The summed E-state index contributed by atoms with van der Waals surface area (Å²) in [4.78, 5) is 20.5. The predicted molar refractivity (Wildman–Crippen MR) is 84.9 cm³/mol. The van der Waals surface area contributed by atoms with E-state index >= 15 is 0 Å². The minimum atomic E-state index is -0.712. The number of thioether (sulfide) groups is 1. The fourth-order valence-electron chi connectivity index (χ4n) is 2.19. The molecule has 1 unspecified atom stereocenters. The van der Waals surface area contributed by atoms with Crippen LogP contribution in [0, 0.1) is 10.1 Å². The zero-order chi connectivity index (χ0) is 15.2. The third-order valence-corrected chi connectivity index (χ3v) is 4.61. The quantitative estimate of drug-likeness (QED) is 0.479. The van der Waals surface area contributed by atoms with E-state index in [1.165, 1.54) is 11.8 Å². The fraction of sp³-hybridized carbons (Fsp3) is 0.538. The van der Waals surface area contributed by atoms with Gasteiger partial charge in [-0.1, -0.05) is 11.6 Å². The van der Waals surface area contributed by atoms with E-state index in [4.69, 9.17) is 11.6 Å². The molecule has 2 heterocycles. The van der Waals surface area contributed by atoms with Crippen molar-refractivity contribution in [2.24, 2.45) is 4.99 Å². The van der Waals surface area contributed by atoms with Crippen molar-refractivity contribution in [3.63, 3.8) is 0 Å². The number of quaternary nitrogens is 1. The predicted octanol–water partition coefficient (Wildman–Crippen LogP) is 0.930. The SMILES string of the molecule is C[NH+](Cc1ccc(Cl)nc1)C[C@H](C1=NCCCS1)[N+](=O)[O-]. The van der Waals surface area contributed by atoms with Gasteiger partial charge in [0, 0.05) is 29.0 Å². The molecule has 21 heavy (non-hydrogen) atoms. The summed E-state index contributed by atoms with van der Waals surface area (Å²) in [5.74, 6) is 0.920. The van der Waals surface area contributed by atoms with Crippen LogP contribution < -0.4 is 4.90 Å². The van der Waals surface area contributed by atoms with E-state index in [-0.39, 0.29) is 4.92 Å². The summed E-state index contributed by atoms with van der Waals surface area (Å²) < 4.78 is 0. The molecular formula is C13H18ClN4O2S+. The number of aliphatic imine (C=N–C) groups is 1. The van der Waals surface area contributed by atoms with Gasteiger partial charge in [-0.3, -0.25) is 15.1 Å². The number of nitrogens with one attached hydrogen (secondary N) is 1. The number of hydrogen-bond acceptors (Lipinski definition) is 5. The number of aromatic nitrogens is 1. The van der Waals surface area contributed by atoms with Gasteiger partial charge in [-0.2, -0.15) is 0 Å². The van der Waals surface area contributed by atoms with Crippen molar-refractivity contribution in [3.05, 3.63) is 39.2 Å². The van der Waals surface area contributed by atoms with Gasteiger partial charge in [0.25, 0.3) is 0 Å². The minimum Gasteiger partial charge on any atom is -0.327 e. The summed E-state index contributed by atoms with van der Waals surface area (Å²) in [5, 5.41) is 12.4. The van der Waals surface area contributed by atoms with Crippen LogP contribution in [-0.4, -0.2) is 46.9 Å². The lowest BCUT2D eigenvalue weighted by Crippen LogP contribution is -3.09. The first kappa shape index (κ1) is 16.2. The van der Waals surface area contributed by atoms with Gasteiger partial charge in [-0.05, 0) is 18.6 Å². The molecule has 1 N–H and O–H groups in total. The van der Waals surface area contributed by atoms with Gasteiger partial charge >= 0.3 is 6.04 Å². The van der Waals surface area contributed by atoms with Crippen molar-refractivity contribution in [2.75, 3.05) is 25.9 Å². The second-order valence-corrected chi connectivity index (χ2v) is 6.55. The summed E-state index contributed by atoms with van der Waals surface area (Å²) in [6, 6.07) is 2.92. The first-order valence-electron chi connectivity index (χ1n) is 6.78. The molecule has 0 bridgehead atoms. The average molecular weight is 330 g/mol. The van der Waals surface area contributed by atoms with Gasteiger partial charge < -0.3 is 4.90 Å². The molecule has 0 fully saturated rings. The number of likely N-dealkylation sites (N-methyl/N-ethyl adjacent to an activating group) is 1. The van der Waals surface area contributed by atoms with Crippen LogP contribution in [0.15, 0.2) is 23.3 Å². The van der Waals surface area contributed by atoms with Crippen LogP contribution in [0.25, 0.3) is 0 Å². The van der Waals surface area contributed by atoms with Crippen LogP contribution in [0.3, 0.4) is 0 Å². The highest BCUT2D eigenvalue weighted by molar-refractivity contribution is 8.14. The molecule has 6 nitrogen and oxygen atoms in total. The Morgan fingerprint density at radius 1 is 1.57 bits per heavy atom. The molecule has 2 rings (SSSR count). The molecule has 1 aliphatic rings. The van der Waals surface area contributed by atoms with Crippen molar-refractivity contribution in [1.82, 2.24) is 4.98 Å². The van der Waals surface area contributed by atoms with E-state index in [0.717, 1.165) is 22.6 Å². The van der Waals surface area contributed by atoms with Gasteiger partial charge in [-0.25, -0.2) is 4.98 Å². The second-order valence-electron chi connectivity index (χ2n) is 5.05. The Morgan fingerprint density at radius 2 is 2.38 bits per heavy atom. The number of pyridine rings is 1. The summed E-state index contributed by atoms with van der Waals surface area (Å²) in [5.41, 5.74) is 1.01. The maximum Gasteiger partial charge on any atom is 0.307 e. The molecule has 0 radical (unpaired) electrons. The Morgan fingerprint density at radius 3 is 2.95 bits per heavy atom. The zero-order valence-electron chi connectivity index (χ0n) is 11.8. The maximum absolute atomic E-state index is 11.3. The number of nitrogens with zero attached hydrogens (tertiary/aromatic N) is 3. The highest BCUT2D eigenvalue weighted by atomic mass is 35.5. The molecule has 0 spiro atoms. The second kappa shape index (κ2) is 7.72.